The zero-order valence-electron chi connectivity index (χ0n) is 14.5. The summed E-state index contributed by atoms with van der Waals surface area (Å²) in [4.78, 5) is 36.5. The number of methoxy groups -OCH3 is 1. The van der Waals surface area contributed by atoms with Crippen molar-refractivity contribution in [1.82, 2.24) is 4.90 Å². The lowest BCUT2D eigenvalue weighted by atomic mass is 9.90. The number of amides is 2. The Balaban J connectivity index is 2.27. The predicted octanol–water partition coefficient (Wildman–Crippen LogP) is 1.40. The van der Waals surface area contributed by atoms with E-state index in [0.717, 1.165) is 0 Å². The van der Waals surface area contributed by atoms with E-state index in [0.29, 0.717) is 13.0 Å². The number of carboxylic acid groups (broad SMARTS) is 1. The van der Waals surface area contributed by atoms with Crippen LogP contribution in [0.25, 0.3) is 0 Å². The van der Waals surface area contributed by atoms with Crippen molar-refractivity contribution in [3.63, 3.8) is 0 Å². The molecule has 0 spiro atoms. The summed E-state index contributed by atoms with van der Waals surface area (Å²) in [5.74, 6) is -2.17. The summed E-state index contributed by atoms with van der Waals surface area (Å²) < 4.78 is 10.4. The number of nitrogens with zero attached hydrogens (tertiary/aromatic N) is 1. The third-order valence-corrected chi connectivity index (χ3v) is 4.41. The Labute approximate surface area is 155 Å². The Bertz CT molecular complexity index is 723. The Morgan fingerprint density at radius 2 is 2.04 bits per heavy atom. The summed E-state index contributed by atoms with van der Waals surface area (Å²) in [6, 6.07) is 2.84. The lowest BCUT2D eigenvalue weighted by molar-refractivity contribution is -0.143. The van der Waals surface area contributed by atoms with Gasteiger partial charge in [0, 0.05) is 18.7 Å². The Morgan fingerprint density at radius 3 is 2.62 bits per heavy atom. The zero-order chi connectivity index (χ0) is 19.4. The Hall–Kier alpha value is -2.48. The number of halogens is 1. The zero-order valence-corrected chi connectivity index (χ0v) is 15.3. The van der Waals surface area contributed by atoms with E-state index >= 15 is 0 Å². The molecule has 2 atom stereocenters. The molecular weight excluding hydrogens is 364 g/mol. The molecule has 2 unspecified atom stereocenters. The number of carbonyl (C=O) groups excluding carboxylic acids is 2. The quantitative estimate of drug-likeness (QED) is 0.765. The van der Waals surface area contributed by atoms with Gasteiger partial charge >= 0.3 is 5.97 Å². The third-order valence-electron chi connectivity index (χ3n) is 4.13. The largest absolute Gasteiger partial charge is 0.493 e. The van der Waals surface area contributed by atoms with Crippen molar-refractivity contribution in [1.29, 1.82) is 0 Å². The molecule has 1 aliphatic heterocycles. The standard InChI is InChI=1S/C17H21ClN2O6/c1-9-3-11(17(23)24)7-20(6-9)16(22)10-4-12(18)15(13(5-10)25-2)26-8-14(19)21/h4-5,9,11H,3,6-8H2,1-2H3,(H2,19,21)(H,23,24). The lowest BCUT2D eigenvalue weighted by Crippen LogP contribution is -2.45. The van der Waals surface area contributed by atoms with Gasteiger partial charge in [0.2, 0.25) is 0 Å². The topological polar surface area (TPSA) is 119 Å². The molecule has 1 heterocycles. The first kappa shape index (κ1) is 19.8. The second kappa shape index (κ2) is 8.27. The number of ether oxygens (including phenoxy) is 2. The second-order valence-corrected chi connectivity index (χ2v) is 6.74. The number of piperidine rings is 1. The highest BCUT2D eigenvalue weighted by molar-refractivity contribution is 6.32. The highest BCUT2D eigenvalue weighted by Crippen LogP contribution is 2.37. The molecule has 8 nitrogen and oxygen atoms in total. The maximum absolute atomic E-state index is 12.8. The van der Waals surface area contributed by atoms with Gasteiger partial charge in [-0.1, -0.05) is 18.5 Å². The van der Waals surface area contributed by atoms with E-state index in [2.05, 4.69) is 0 Å². The molecule has 9 heteroatoms. The molecule has 0 radical (unpaired) electrons. The van der Waals surface area contributed by atoms with Gasteiger partial charge in [-0.25, -0.2) is 0 Å². The Kier molecular flexibility index (Phi) is 6.31. The number of hydrogen-bond acceptors (Lipinski definition) is 5. The molecular formula is C17H21ClN2O6. The van der Waals surface area contributed by atoms with E-state index in [1.54, 1.807) is 0 Å². The van der Waals surface area contributed by atoms with Gasteiger partial charge in [0.15, 0.2) is 18.1 Å². The molecule has 0 aromatic heterocycles. The predicted molar refractivity (Wildman–Crippen MR) is 93.5 cm³/mol. The fourth-order valence-electron chi connectivity index (χ4n) is 3.01. The molecule has 142 valence electrons. The maximum atomic E-state index is 12.8. The van der Waals surface area contributed by atoms with Crippen LogP contribution in [0.3, 0.4) is 0 Å². The first-order chi connectivity index (χ1) is 12.2. The molecule has 3 N–H and O–H groups in total. The Morgan fingerprint density at radius 1 is 1.35 bits per heavy atom. The number of benzene rings is 1. The van der Waals surface area contributed by atoms with Crippen LogP contribution in [0.15, 0.2) is 12.1 Å². The lowest BCUT2D eigenvalue weighted by Gasteiger charge is -2.34. The van der Waals surface area contributed by atoms with E-state index in [9.17, 15) is 19.5 Å². The van der Waals surface area contributed by atoms with Gasteiger partial charge in [0.1, 0.15) is 0 Å². The van der Waals surface area contributed by atoms with E-state index in [1.807, 2.05) is 6.92 Å². The number of rotatable bonds is 6. The van der Waals surface area contributed by atoms with Crippen LogP contribution < -0.4 is 15.2 Å². The number of carboxylic acids is 1. The molecule has 1 fully saturated rings. The minimum atomic E-state index is -0.917. The average Bonchev–Trinajstić information content (AvgIpc) is 2.58. The molecule has 0 saturated carbocycles. The summed E-state index contributed by atoms with van der Waals surface area (Å²) in [7, 11) is 1.38. The van der Waals surface area contributed by atoms with Crippen LogP contribution in [0.2, 0.25) is 5.02 Å². The van der Waals surface area contributed by atoms with Gasteiger partial charge in [-0.05, 0) is 24.5 Å². The van der Waals surface area contributed by atoms with E-state index in [-0.39, 0.29) is 47.1 Å². The van der Waals surface area contributed by atoms with Gasteiger partial charge < -0.3 is 25.2 Å². The molecule has 1 saturated heterocycles. The van der Waals surface area contributed by atoms with Crippen molar-refractivity contribution in [3.05, 3.63) is 22.7 Å². The summed E-state index contributed by atoms with van der Waals surface area (Å²) in [5.41, 5.74) is 5.30. The van der Waals surface area contributed by atoms with Crippen LogP contribution in [0.1, 0.15) is 23.7 Å². The maximum Gasteiger partial charge on any atom is 0.308 e. The van der Waals surface area contributed by atoms with Crippen LogP contribution in [0, 0.1) is 11.8 Å². The van der Waals surface area contributed by atoms with Crippen molar-refractivity contribution in [2.75, 3.05) is 26.8 Å². The number of primary amides is 1. The highest BCUT2D eigenvalue weighted by Gasteiger charge is 2.32. The first-order valence-electron chi connectivity index (χ1n) is 8.03. The number of aliphatic carboxylic acids is 1. The fourth-order valence-corrected chi connectivity index (χ4v) is 3.27. The van der Waals surface area contributed by atoms with Gasteiger partial charge in [0.25, 0.3) is 11.8 Å². The summed E-state index contributed by atoms with van der Waals surface area (Å²) in [6.07, 6.45) is 0.531. The molecule has 1 aliphatic rings. The number of hydrogen-bond donors (Lipinski definition) is 2. The minimum absolute atomic E-state index is 0.0735. The van der Waals surface area contributed by atoms with E-state index in [1.165, 1.54) is 24.1 Å². The van der Waals surface area contributed by atoms with Crippen molar-refractivity contribution < 1.29 is 29.0 Å². The second-order valence-electron chi connectivity index (χ2n) is 6.33. The third kappa shape index (κ3) is 4.57. The van der Waals surface area contributed by atoms with E-state index < -0.39 is 17.8 Å². The molecule has 2 rings (SSSR count). The molecule has 1 aromatic rings. The summed E-state index contributed by atoms with van der Waals surface area (Å²) in [5, 5.41) is 9.35. The SMILES string of the molecule is COc1cc(C(=O)N2CC(C)CC(C(=O)O)C2)cc(Cl)c1OCC(N)=O. The molecule has 0 bridgehead atoms. The number of nitrogens with two attached hydrogens (primary N) is 1. The van der Waals surface area contributed by atoms with Gasteiger partial charge in [-0.3, -0.25) is 14.4 Å². The van der Waals surface area contributed by atoms with Crippen LogP contribution in [0.5, 0.6) is 11.5 Å². The smallest absolute Gasteiger partial charge is 0.308 e. The van der Waals surface area contributed by atoms with E-state index in [4.69, 9.17) is 26.8 Å². The van der Waals surface area contributed by atoms with Crippen molar-refractivity contribution in [3.8, 4) is 11.5 Å². The van der Waals surface area contributed by atoms with Crippen LogP contribution in [-0.2, 0) is 9.59 Å². The van der Waals surface area contributed by atoms with Crippen LogP contribution in [0.4, 0.5) is 0 Å². The molecule has 1 aromatic carbocycles. The molecule has 2 amide bonds. The van der Waals surface area contributed by atoms with Crippen LogP contribution >= 0.6 is 11.6 Å². The number of carbonyl (C=O) groups is 3. The molecule has 0 aliphatic carbocycles. The molecule has 26 heavy (non-hydrogen) atoms. The van der Waals surface area contributed by atoms with Gasteiger partial charge in [-0.2, -0.15) is 0 Å². The van der Waals surface area contributed by atoms with Gasteiger partial charge in [-0.15, -0.1) is 0 Å². The van der Waals surface area contributed by atoms with Crippen molar-refractivity contribution in [2.45, 2.75) is 13.3 Å². The number of likely N-dealkylation sites (tertiary alicyclic amines) is 1. The van der Waals surface area contributed by atoms with Crippen LogP contribution in [-0.4, -0.2) is 54.6 Å². The van der Waals surface area contributed by atoms with Crippen molar-refractivity contribution >= 4 is 29.4 Å². The normalized spacial score (nSPS) is 19.7. The minimum Gasteiger partial charge on any atom is -0.493 e. The highest BCUT2D eigenvalue weighted by atomic mass is 35.5. The monoisotopic (exact) mass is 384 g/mol. The summed E-state index contributed by atoms with van der Waals surface area (Å²) in [6.45, 7) is 2.12. The average molecular weight is 385 g/mol. The fraction of sp³-hybridized carbons (Fsp3) is 0.471. The first-order valence-corrected chi connectivity index (χ1v) is 8.41. The summed E-state index contributed by atoms with van der Waals surface area (Å²) >= 11 is 6.17. The van der Waals surface area contributed by atoms with Crippen molar-refractivity contribution in [2.24, 2.45) is 17.6 Å². The van der Waals surface area contributed by atoms with Gasteiger partial charge in [0.05, 0.1) is 18.1 Å².